The third kappa shape index (κ3) is 5.38. The summed E-state index contributed by atoms with van der Waals surface area (Å²) in [5.74, 6) is -1.01. The molecule has 0 aliphatic carbocycles. The second kappa shape index (κ2) is 8.02. The van der Waals surface area contributed by atoms with E-state index in [1.54, 1.807) is 0 Å². The first-order valence-corrected chi connectivity index (χ1v) is 7.71. The van der Waals surface area contributed by atoms with Gasteiger partial charge < -0.3 is 15.7 Å². The minimum Gasteiger partial charge on any atom is -0.480 e. The number of carboxylic acid groups (broad SMARTS) is 1. The van der Waals surface area contributed by atoms with Crippen molar-refractivity contribution in [2.24, 2.45) is 0 Å². The predicted octanol–water partition coefficient (Wildman–Crippen LogP) is 3.83. The van der Waals surface area contributed by atoms with Crippen LogP contribution in [0.15, 0.2) is 16.6 Å². The third-order valence-corrected chi connectivity index (χ3v) is 3.64. The minimum atomic E-state index is -1.01. The maximum Gasteiger partial charge on any atom is 0.326 e. The van der Waals surface area contributed by atoms with Gasteiger partial charge in [0.05, 0.1) is 0 Å². The van der Waals surface area contributed by atoms with Crippen molar-refractivity contribution in [1.82, 2.24) is 5.32 Å². The predicted molar refractivity (Wildman–Crippen MR) is 86.7 cm³/mol. The second-order valence-corrected chi connectivity index (χ2v) is 5.96. The number of carbonyl (C=O) groups is 2. The molecule has 0 bridgehead atoms. The highest BCUT2D eigenvalue weighted by atomic mass is 79.9. The van der Waals surface area contributed by atoms with Gasteiger partial charge in [0.25, 0.3) is 0 Å². The van der Waals surface area contributed by atoms with Crippen LogP contribution in [0.3, 0.4) is 0 Å². The lowest BCUT2D eigenvalue weighted by Gasteiger charge is -2.17. The smallest absolute Gasteiger partial charge is 0.326 e. The number of carboxylic acids is 1. The highest BCUT2D eigenvalue weighted by molar-refractivity contribution is 9.10. The maximum atomic E-state index is 12.0. The Morgan fingerprint density at radius 2 is 1.86 bits per heavy atom. The van der Waals surface area contributed by atoms with E-state index < -0.39 is 18.0 Å². The van der Waals surface area contributed by atoms with Gasteiger partial charge in [-0.25, -0.2) is 9.59 Å². The number of aliphatic carboxylic acids is 1. The average molecular weight is 357 g/mol. The van der Waals surface area contributed by atoms with Crippen LogP contribution in [0.5, 0.6) is 0 Å². The van der Waals surface area contributed by atoms with Crippen LogP contribution in [0.4, 0.5) is 10.5 Å². The highest BCUT2D eigenvalue weighted by Gasteiger charge is 2.19. The zero-order valence-corrected chi connectivity index (χ0v) is 14.1. The Balaban J connectivity index is 2.74. The van der Waals surface area contributed by atoms with E-state index in [0.29, 0.717) is 12.1 Å². The van der Waals surface area contributed by atoms with E-state index in [9.17, 15) is 9.59 Å². The molecule has 3 N–H and O–H groups in total. The summed E-state index contributed by atoms with van der Waals surface area (Å²) >= 11 is 3.40. The number of rotatable bonds is 6. The van der Waals surface area contributed by atoms with Crippen LogP contribution in [-0.2, 0) is 4.79 Å². The Bertz CT molecular complexity index is 509. The number of nitrogens with one attached hydrogen (secondary N) is 2. The number of urea groups is 1. The summed E-state index contributed by atoms with van der Waals surface area (Å²) in [7, 11) is 0. The molecule has 1 aromatic rings. The summed E-state index contributed by atoms with van der Waals surface area (Å²) in [6, 6.07) is 2.44. The van der Waals surface area contributed by atoms with E-state index in [1.165, 1.54) is 0 Å². The summed E-state index contributed by atoms with van der Waals surface area (Å²) in [4.78, 5) is 23.1. The number of amides is 2. The summed E-state index contributed by atoms with van der Waals surface area (Å²) in [5.41, 5.74) is 2.53. The van der Waals surface area contributed by atoms with Crippen LogP contribution in [0.2, 0.25) is 0 Å². The molecule has 6 heteroatoms. The first-order valence-electron chi connectivity index (χ1n) is 6.92. The van der Waals surface area contributed by atoms with Gasteiger partial charge >= 0.3 is 12.0 Å². The Morgan fingerprint density at radius 3 is 2.33 bits per heavy atom. The van der Waals surface area contributed by atoms with Crippen LogP contribution in [0.1, 0.15) is 37.3 Å². The van der Waals surface area contributed by atoms with Gasteiger partial charge in [-0.05, 0) is 43.5 Å². The Hall–Kier alpha value is -1.56. The van der Waals surface area contributed by atoms with Crippen molar-refractivity contribution < 1.29 is 14.7 Å². The molecule has 0 aliphatic heterocycles. The lowest BCUT2D eigenvalue weighted by atomic mass is 10.1. The quantitative estimate of drug-likeness (QED) is 0.724. The maximum absolute atomic E-state index is 12.0. The fourth-order valence-electron chi connectivity index (χ4n) is 2.08. The Labute approximate surface area is 133 Å². The summed E-state index contributed by atoms with van der Waals surface area (Å²) in [5, 5.41) is 14.4. The Morgan fingerprint density at radius 1 is 1.29 bits per heavy atom. The first-order chi connectivity index (χ1) is 9.85. The highest BCUT2D eigenvalue weighted by Crippen LogP contribution is 2.25. The average Bonchev–Trinajstić information content (AvgIpc) is 2.38. The van der Waals surface area contributed by atoms with Gasteiger partial charge in [-0.1, -0.05) is 35.7 Å². The number of hydrogen-bond acceptors (Lipinski definition) is 2. The molecule has 2 amide bonds. The van der Waals surface area contributed by atoms with E-state index >= 15 is 0 Å². The Kier molecular flexibility index (Phi) is 6.68. The van der Waals surface area contributed by atoms with E-state index in [2.05, 4.69) is 26.6 Å². The summed E-state index contributed by atoms with van der Waals surface area (Å²) in [6.07, 6.45) is 2.07. The fraction of sp³-hybridized carbons (Fsp3) is 0.467. The molecule has 5 nitrogen and oxygen atoms in total. The molecule has 0 aromatic heterocycles. The van der Waals surface area contributed by atoms with Crippen molar-refractivity contribution in [3.8, 4) is 0 Å². The molecule has 0 fully saturated rings. The van der Waals surface area contributed by atoms with Gasteiger partial charge in [-0.3, -0.25) is 0 Å². The molecule has 0 saturated carbocycles. The second-order valence-electron chi connectivity index (χ2n) is 5.05. The number of unbranched alkanes of at least 4 members (excludes halogenated alkanes) is 1. The van der Waals surface area contributed by atoms with Gasteiger partial charge in [0.1, 0.15) is 6.04 Å². The SMILES string of the molecule is CCCCC(NC(=O)Nc1c(C)cc(Br)cc1C)C(=O)O. The zero-order valence-electron chi connectivity index (χ0n) is 12.5. The lowest BCUT2D eigenvalue weighted by Crippen LogP contribution is -2.43. The van der Waals surface area contributed by atoms with Crippen LogP contribution < -0.4 is 10.6 Å². The normalized spacial score (nSPS) is 11.8. The molecule has 1 rings (SSSR count). The number of benzene rings is 1. The molecule has 116 valence electrons. The van der Waals surface area contributed by atoms with Crippen molar-refractivity contribution in [3.63, 3.8) is 0 Å². The van der Waals surface area contributed by atoms with E-state index in [-0.39, 0.29) is 0 Å². The number of carbonyl (C=O) groups excluding carboxylic acids is 1. The topological polar surface area (TPSA) is 78.4 Å². The van der Waals surface area contributed by atoms with Gasteiger partial charge in [-0.2, -0.15) is 0 Å². The summed E-state index contributed by atoms with van der Waals surface area (Å²) in [6.45, 7) is 5.76. The van der Waals surface area contributed by atoms with Crippen LogP contribution in [0, 0.1) is 13.8 Å². The molecular formula is C15H21BrN2O3. The lowest BCUT2D eigenvalue weighted by molar-refractivity contribution is -0.139. The van der Waals surface area contributed by atoms with Crippen molar-refractivity contribution in [2.45, 2.75) is 46.1 Å². The minimum absolute atomic E-state index is 0.428. The van der Waals surface area contributed by atoms with E-state index in [0.717, 1.165) is 28.4 Å². The molecule has 0 saturated heterocycles. The monoisotopic (exact) mass is 356 g/mol. The van der Waals surface area contributed by atoms with E-state index in [1.807, 2.05) is 32.9 Å². The van der Waals surface area contributed by atoms with Crippen molar-refractivity contribution in [1.29, 1.82) is 0 Å². The number of anilines is 1. The van der Waals surface area contributed by atoms with Crippen molar-refractivity contribution in [3.05, 3.63) is 27.7 Å². The van der Waals surface area contributed by atoms with E-state index in [4.69, 9.17) is 5.11 Å². The molecule has 0 aliphatic rings. The zero-order chi connectivity index (χ0) is 16.0. The van der Waals surface area contributed by atoms with Crippen molar-refractivity contribution >= 4 is 33.6 Å². The van der Waals surface area contributed by atoms with Crippen molar-refractivity contribution in [2.75, 3.05) is 5.32 Å². The standard InChI is InChI=1S/C15H21BrN2O3/c1-4-5-6-12(14(19)20)17-15(21)18-13-9(2)7-11(16)8-10(13)3/h7-8,12H,4-6H2,1-3H3,(H,19,20)(H2,17,18,21). The van der Waals surface area contributed by atoms with Gasteiger partial charge in [0.2, 0.25) is 0 Å². The molecule has 0 heterocycles. The molecule has 0 spiro atoms. The third-order valence-electron chi connectivity index (χ3n) is 3.19. The van der Waals surface area contributed by atoms with Gasteiger partial charge in [0.15, 0.2) is 0 Å². The molecule has 1 atom stereocenters. The van der Waals surface area contributed by atoms with Crippen LogP contribution >= 0.6 is 15.9 Å². The molecule has 0 radical (unpaired) electrons. The van der Waals surface area contributed by atoms with Crippen LogP contribution in [-0.4, -0.2) is 23.1 Å². The largest absolute Gasteiger partial charge is 0.480 e. The summed E-state index contributed by atoms with van der Waals surface area (Å²) < 4.78 is 0.940. The molecule has 21 heavy (non-hydrogen) atoms. The molecular weight excluding hydrogens is 336 g/mol. The van der Waals surface area contributed by atoms with Gasteiger partial charge in [0, 0.05) is 10.2 Å². The first kappa shape index (κ1) is 17.5. The number of aryl methyl sites for hydroxylation is 2. The number of hydrogen-bond donors (Lipinski definition) is 3. The van der Waals surface area contributed by atoms with Crippen LogP contribution in [0.25, 0.3) is 0 Å². The fourth-order valence-corrected chi connectivity index (χ4v) is 2.77. The molecule has 1 aromatic carbocycles. The van der Waals surface area contributed by atoms with Gasteiger partial charge in [-0.15, -0.1) is 0 Å². The number of halogens is 1. The molecule has 1 unspecified atom stereocenters.